The molecule has 2 unspecified atom stereocenters. The molecule has 0 saturated carbocycles. The van der Waals surface area contributed by atoms with Crippen molar-refractivity contribution in [1.29, 1.82) is 0 Å². The Hall–Kier alpha value is -0.969. The first-order valence-corrected chi connectivity index (χ1v) is 12.6. The van der Waals surface area contributed by atoms with Crippen LogP contribution >= 0.6 is 24.8 Å². The zero-order valence-corrected chi connectivity index (χ0v) is 23.2. The van der Waals surface area contributed by atoms with Crippen LogP contribution in [0.3, 0.4) is 0 Å². The maximum absolute atomic E-state index is 5.30. The minimum absolute atomic E-state index is 0. The summed E-state index contributed by atoms with van der Waals surface area (Å²) in [4.78, 5) is 0. The average Bonchev–Trinajstić information content (AvgIpc) is 3.39. The van der Waals surface area contributed by atoms with Crippen LogP contribution in [0.4, 0.5) is 0 Å². The Labute approximate surface area is 208 Å². The summed E-state index contributed by atoms with van der Waals surface area (Å²) in [6, 6.07) is 7.75. The molecule has 4 rings (SSSR count). The Bertz CT molecular complexity index is 764. The van der Waals surface area contributed by atoms with Crippen LogP contribution in [-0.4, -0.2) is 7.63 Å². The molecular weight excluding hydrogens is 467 g/mol. The maximum atomic E-state index is 5.30. The number of allylic oxidation sites excluding steroid dienone is 8. The Morgan fingerprint density at radius 2 is 1.10 bits per heavy atom. The summed E-state index contributed by atoms with van der Waals surface area (Å²) in [5.41, 5.74) is 4.76. The molecule has 166 valence electrons. The van der Waals surface area contributed by atoms with E-state index in [0.717, 1.165) is 22.7 Å². The first kappa shape index (κ1) is 33.7. The van der Waals surface area contributed by atoms with Gasteiger partial charge in [-0.2, -0.15) is 34.4 Å². The number of halogens is 2. The third-order valence-corrected chi connectivity index (χ3v) is 4.07. The molecule has 0 radical (unpaired) electrons. The van der Waals surface area contributed by atoms with Gasteiger partial charge in [-0.3, -0.25) is 0 Å². The Kier molecular flexibility index (Phi) is 18.7. The van der Waals surface area contributed by atoms with Crippen molar-refractivity contribution in [2.75, 3.05) is 0 Å². The average molecular weight is 499 g/mol. The van der Waals surface area contributed by atoms with Gasteiger partial charge in [0.25, 0.3) is 0 Å². The third kappa shape index (κ3) is 9.03. The van der Waals surface area contributed by atoms with E-state index in [1.807, 2.05) is 51.1 Å². The molecule has 6 heteroatoms. The minimum atomic E-state index is 0. The number of hydrogen-bond donors (Lipinski definition) is 0. The van der Waals surface area contributed by atoms with Crippen molar-refractivity contribution < 1.29 is 28.0 Å². The zero-order valence-electron chi connectivity index (χ0n) is 18.6. The van der Waals surface area contributed by atoms with E-state index in [0.29, 0.717) is 11.8 Å². The van der Waals surface area contributed by atoms with Gasteiger partial charge < -0.3 is 23.7 Å². The summed E-state index contributed by atoms with van der Waals surface area (Å²) >= 11 is 2.03. The molecule has 0 bridgehead atoms. The van der Waals surface area contributed by atoms with Crippen LogP contribution in [0.1, 0.15) is 39.2 Å². The summed E-state index contributed by atoms with van der Waals surface area (Å²) in [5.74, 6) is 2.69. The summed E-state index contributed by atoms with van der Waals surface area (Å²) in [6.45, 7) is 8.43. The monoisotopic (exact) mass is 498 g/mol. The second-order valence-corrected chi connectivity index (χ2v) is 6.27. The number of furan rings is 2. The standard InChI is InChI=1S/2C11H11O.2CH3.2ClH.H2Si.Ti/c2*1-8-6-9(2)10(7-8)11-4-3-5-12-11;;;;;;/h2*3-6,8H,1-2H3;2*1H3;2*1H;1H2;/q4*-1;;;;. The molecule has 0 fully saturated rings. The topological polar surface area (TPSA) is 26.3 Å². The summed E-state index contributed by atoms with van der Waals surface area (Å²) in [6.07, 6.45) is 14.4. The Morgan fingerprint density at radius 1 is 0.767 bits per heavy atom. The van der Waals surface area contributed by atoms with Gasteiger partial charge in [0, 0.05) is 11.5 Å². The van der Waals surface area contributed by atoms with Crippen molar-refractivity contribution in [3.05, 3.63) is 98.6 Å². The Balaban J connectivity index is -0.000000400. The van der Waals surface area contributed by atoms with Crippen molar-refractivity contribution in [3.8, 4) is 0 Å². The van der Waals surface area contributed by atoms with Crippen molar-refractivity contribution >= 4 is 43.6 Å². The molecule has 0 saturated heterocycles. The number of rotatable bonds is 2. The first-order valence-electron chi connectivity index (χ1n) is 8.62. The van der Waals surface area contributed by atoms with Gasteiger partial charge in [-0.1, -0.05) is 51.7 Å². The van der Waals surface area contributed by atoms with E-state index < -0.39 is 0 Å². The predicted octanol–water partition coefficient (Wildman–Crippen LogP) is 6.95. The van der Waals surface area contributed by atoms with E-state index in [2.05, 4.69) is 52.0 Å². The quantitative estimate of drug-likeness (QED) is 0.330. The third-order valence-electron chi connectivity index (χ3n) is 4.07. The molecule has 2 aliphatic carbocycles. The molecule has 0 aliphatic heterocycles. The van der Waals surface area contributed by atoms with Crippen molar-refractivity contribution in [2.24, 2.45) is 11.8 Å². The van der Waals surface area contributed by atoms with Gasteiger partial charge in [-0.15, -0.1) is 37.0 Å². The molecule has 2 nitrogen and oxygen atoms in total. The molecule has 30 heavy (non-hydrogen) atoms. The van der Waals surface area contributed by atoms with E-state index in [-0.39, 0.29) is 39.7 Å². The van der Waals surface area contributed by atoms with Crippen LogP contribution in [0.2, 0.25) is 0 Å². The van der Waals surface area contributed by atoms with E-state index in [1.165, 1.54) is 11.1 Å². The molecule has 2 atom stereocenters. The second-order valence-electron chi connectivity index (χ2n) is 6.27. The normalized spacial score (nSPS) is 18.0. The van der Waals surface area contributed by atoms with Crippen LogP contribution in [-0.2, 0) is 19.2 Å². The van der Waals surface area contributed by atoms with Crippen LogP contribution in [0.25, 0.3) is 11.1 Å². The van der Waals surface area contributed by atoms with Gasteiger partial charge in [0.15, 0.2) is 0 Å². The van der Waals surface area contributed by atoms with Gasteiger partial charge >= 0.3 is 26.8 Å². The van der Waals surface area contributed by atoms with Gasteiger partial charge in [0.2, 0.25) is 0 Å². The van der Waals surface area contributed by atoms with Crippen LogP contribution in [0.15, 0.2) is 68.9 Å². The van der Waals surface area contributed by atoms with Gasteiger partial charge in [-0.05, 0) is 12.1 Å². The van der Waals surface area contributed by atoms with Gasteiger partial charge in [0.05, 0.1) is 12.5 Å². The van der Waals surface area contributed by atoms with Crippen LogP contribution < -0.4 is 0 Å². The molecular formula is C24H32Cl2O2SiTi-4. The van der Waals surface area contributed by atoms with Crippen molar-refractivity contribution in [3.63, 3.8) is 0 Å². The van der Waals surface area contributed by atoms with Gasteiger partial charge in [-0.25, -0.2) is 0 Å². The summed E-state index contributed by atoms with van der Waals surface area (Å²) in [7, 11) is 1.86. The van der Waals surface area contributed by atoms with E-state index in [4.69, 9.17) is 8.83 Å². The molecule has 0 amide bonds. The molecule has 2 aromatic heterocycles. The van der Waals surface area contributed by atoms with E-state index >= 15 is 0 Å². The predicted molar refractivity (Wildman–Crippen MR) is 132 cm³/mol. The fourth-order valence-electron chi connectivity index (χ4n) is 3.06. The molecule has 2 heterocycles. The molecule has 0 spiro atoms. The molecule has 2 aromatic rings. The fraction of sp³-hybridized carbons (Fsp3) is 0.250. The summed E-state index contributed by atoms with van der Waals surface area (Å²) in [5, 5.41) is 0. The molecule has 0 N–H and O–H groups in total. The first-order chi connectivity index (χ1) is 12.5. The SMILES string of the molecule is CC1=CC(C)[C-]=C1c1ccco1.CC1=CC(C)[C-]=C1c1ccco1.Cl.Cl.[CH3-].[CH3-].[SiH2]=[Ti]. The summed E-state index contributed by atoms with van der Waals surface area (Å²) < 4.78 is 10.6. The van der Waals surface area contributed by atoms with Gasteiger partial charge in [0.1, 0.15) is 0 Å². The number of hydrogen-bond acceptors (Lipinski definition) is 2. The molecule has 2 aliphatic rings. The van der Waals surface area contributed by atoms with Crippen molar-refractivity contribution in [2.45, 2.75) is 27.7 Å². The second kappa shape index (κ2) is 16.7. The van der Waals surface area contributed by atoms with E-state index in [1.54, 1.807) is 12.5 Å². The molecule has 0 aromatic carbocycles. The Morgan fingerprint density at radius 3 is 1.30 bits per heavy atom. The zero-order chi connectivity index (χ0) is 19.1. The van der Waals surface area contributed by atoms with E-state index in [9.17, 15) is 0 Å². The van der Waals surface area contributed by atoms with Crippen LogP contribution in [0, 0.1) is 38.8 Å². The van der Waals surface area contributed by atoms with Crippen LogP contribution in [0.5, 0.6) is 0 Å². The van der Waals surface area contributed by atoms with Crippen molar-refractivity contribution in [1.82, 2.24) is 0 Å². The fourth-order valence-corrected chi connectivity index (χ4v) is 3.06.